The van der Waals surface area contributed by atoms with E-state index in [1.165, 1.54) is 12.1 Å². The Balaban J connectivity index is 2.33. The van der Waals surface area contributed by atoms with E-state index in [0.29, 0.717) is 21.4 Å². The fraction of sp³-hybridized carbons (Fsp3) is 0.0714. The smallest absolute Gasteiger partial charge is 0.206 e. The van der Waals surface area contributed by atoms with Gasteiger partial charge >= 0.3 is 0 Å². The summed E-state index contributed by atoms with van der Waals surface area (Å²) in [5.74, 6) is 0.504. The number of halogens is 3. The van der Waals surface area contributed by atoms with E-state index in [1.54, 1.807) is 23.8 Å². The first-order chi connectivity index (χ1) is 10.0. The average Bonchev–Trinajstić information content (AvgIpc) is 2.73. The Morgan fingerprint density at radius 1 is 1.33 bits per heavy atom. The monoisotopic (exact) mass is 369 g/mol. The van der Waals surface area contributed by atoms with Crippen molar-refractivity contribution in [1.29, 1.82) is 0 Å². The maximum Gasteiger partial charge on any atom is 0.206 e. The predicted molar refractivity (Wildman–Crippen MR) is 84.7 cm³/mol. The number of nitrogen functional groups attached to an aromatic ring is 1. The molecule has 108 valence electrons. The van der Waals surface area contributed by atoms with Crippen molar-refractivity contribution in [3.63, 3.8) is 0 Å². The number of hydrogen-bond donors (Lipinski definition) is 1. The van der Waals surface area contributed by atoms with E-state index in [-0.39, 0.29) is 11.0 Å². The number of anilines is 1. The molecular formula is C14H10BrClFN3O. The van der Waals surface area contributed by atoms with Crippen molar-refractivity contribution < 1.29 is 9.13 Å². The topological polar surface area (TPSA) is 53.1 Å². The van der Waals surface area contributed by atoms with E-state index in [4.69, 9.17) is 22.1 Å². The third kappa shape index (κ3) is 2.34. The number of hydrogen-bond acceptors (Lipinski definition) is 3. The van der Waals surface area contributed by atoms with Gasteiger partial charge in [-0.3, -0.25) is 4.57 Å². The maximum atomic E-state index is 13.4. The third-order valence-electron chi connectivity index (χ3n) is 3.09. The number of ether oxygens (including phenoxy) is 1. The molecule has 0 aliphatic rings. The number of imidazole rings is 1. The second kappa shape index (κ2) is 5.20. The number of fused-ring (bicyclic) bond motifs is 1. The molecule has 0 aliphatic heterocycles. The molecule has 0 radical (unpaired) electrons. The zero-order chi connectivity index (χ0) is 15.1. The summed E-state index contributed by atoms with van der Waals surface area (Å²) < 4.78 is 20.7. The van der Waals surface area contributed by atoms with Crippen LogP contribution in [0.3, 0.4) is 0 Å². The zero-order valence-electron chi connectivity index (χ0n) is 10.9. The molecule has 2 N–H and O–H groups in total. The molecule has 0 spiro atoms. The van der Waals surface area contributed by atoms with Gasteiger partial charge in [0.15, 0.2) is 0 Å². The highest BCUT2D eigenvalue weighted by Crippen LogP contribution is 2.35. The number of nitrogens with two attached hydrogens (primary N) is 1. The number of aromatic nitrogens is 2. The van der Waals surface area contributed by atoms with Crippen molar-refractivity contribution in [1.82, 2.24) is 9.55 Å². The van der Waals surface area contributed by atoms with E-state index in [1.807, 2.05) is 6.07 Å². The number of rotatable bonds is 2. The zero-order valence-corrected chi connectivity index (χ0v) is 13.2. The Morgan fingerprint density at radius 3 is 2.76 bits per heavy atom. The van der Waals surface area contributed by atoms with Gasteiger partial charge in [0.1, 0.15) is 11.6 Å². The van der Waals surface area contributed by atoms with Crippen molar-refractivity contribution in [3.05, 3.63) is 45.6 Å². The fourth-order valence-corrected chi connectivity index (χ4v) is 3.20. The highest BCUT2D eigenvalue weighted by molar-refractivity contribution is 9.10. The Bertz CT molecular complexity index is 827. The standard InChI is InChI=1S/C14H10BrClFN3O/c1-21-8-2-3-12-11(6-8)19-14(18)20(12)13-9(15)4-7(17)5-10(13)16/h2-6H,1H3,(H2,18,19). The number of benzene rings is 2. The Kier molecular flexibility index (Phi) is 3.51. The van der Waals surface area contributed by atoms with Gasteiger partial charge in [-0.05, 0) is 40.2 Å². The van der Waals surface area contributed by atoms with Crippen molar-refractivity contribution in [3.8, 4) is 11.4 Å². The molecule has 3 rings (SSSR count). The van der Waals surface area contributed by atoms with Crippen LogP contribution in [0.1, 0.15) is 0 Å². The van der Waals surface area contributed by atoms with Crippen LogP contribution in [0.25, 0.3) is 16.7 Å². The molecule has 21 heavy (non-hydrogen) atoms. The first-order valence-electron chi connectivity index (χ1n) is 5.98. The van der Waals surface area contributed by atoms with E-state index in [9.17, 15) is 4.39 Å². The quantitative estimate of drug-likeness (QED) is 0.736. The summed E-state index contributed by atoms with van der Waals surface area (Å²) in [4.78, 5) is 4.29. The van der Waals surface area contributed by atoms with Crippen molar-refractivity contribution in [2.24, 2.45) is 0 Å². The summed E-state index contributed by atoms with van der Waals surface area (Å²) in [6.07, 6.45) is 0. The highest BCUT2D eigenvalue weighted by atomic mass is 79.9. The van der Waals surface area contributed by atoms with Gasteiger partial charge in [-0.2, -0.15) is 0 Å². The van der Waals surface area contributed by atoms with E-state index >= 15 is 0 Å². The maximum absolute atomic E-state index is 13.4. The lowest BCUT2D eigenvalue weighted by atomic mass is 10.2. The van der Waals surface area contributed by atoms with Crippen molar-refractivity contribution >= 4 is 44.5 Å². The van der Waals surface area contributed by atoms with Crippen LogP contribution in [0.2, 0.25) is 5.02 Å². The molecule has 0 saturated heterocycles. The second-order valence-corrected chi connectivity index (χ2v) is 5.64. The van der Waals surface area contributed by atoms with E-state index in [2.05, 4.69) is 20.9 Å². The SMILES string of the molecule is COc1ccc2c(c1)nc(N)n2-c1c(Cl)cc(F)cc1Br. The molecule has 0 amide bonds. The van der Waals surface area contributed by atoms with Crippen LogP contribution in [-0.2, 0) is 0 Å². The molecule has 1 aromatic heterocycles. The third-order valence-corrected chi connectivity index (χ3v) is 3.99. The average molecular weight is 371 g/mol. The summed E-state index contributed by atoms with van der Waals surface area (Å²) in [6.45, 7) is 0. The summed E-state index contributed by atoms with van der Waals surface area (Å²) in [5.41, 5.74) is 7.95. The van der Waals surface area contributed by atoms with Gasteiger partial charge in [0.25, 0.3) is 0 Å². The Hall–Kier alpha value is -1.79. The van der Waals surface area contributed by atoms with Gasteiger partial charge < -0.3 is 10.5 Å². The number of methoxy groups -OCH3 is 1. The van der Waals surface area contributed by atoms with Crippen LogP contribution < -0.4 is 10.5 Å². The van der Waals surface area contributed by atoms with Crippen LogP contribution in [0.4, 0.5) is 10.3 Å². The summed E-state index contributed by atoms with van der Waals surface area (Å²) in [6, 6.07) is 7.95. The molecule has 0 fully saturated rings. The van der Waals surface area contributed by atoms with E-state index in [0.717, 1.165) is 5.52 Å². The van der Waals surface area contributed by atoms with Gasteiger partial charge in [0.2, 0.25) is 5.95 Å². The first kappa shape index (κ1) is 14.2. The van der Waals surface area contributed by atoms with Gasteiger partial charge in [-0.15, -0.1) is 0 Å². The lowest BCUT2D eigenvalue weighted by Crippen LogP contribution is -2.02. The molecule has 0 aliphatic carbocycles. The lowest BCUT2D eigenvalue weighted by Gasteiger charge is -2.11. The fourth-order valence-electron chi connectivity index (χ4n) is 2.19. The summed E-state index contributed by atoms with van der Waals surface area (Å²) in [5, 5.41) is 0.240. The van der Waals surface area contributed by atoms with Crippen LogP contribution in [0.15, 0.2) is 34.8 Å². The minimum Gasteiger partial charge on any atom is -0.497 e. The molecule has 2 aromatic carbocycles. The molecule has 0 bridgehead atoms. The Labute approximate surface area is 133 Å². The molecule has 0 atom stereocenters. The minimum absolute atomic E-state index is 0.240. The van der Waals surface area contributed by atoms with E-state index < -0.39 is 5.82 Å². The van der Waals surface area contributed by atoms with Gasteiger partial charge in [-0.25, -0.2) is 9.37 Å². The predicted octanol–water partition coefficient (Wildman–Crippen LogP) is 4.17. The van der Waals surface area contributed by atoms with Crippen molar-refractivity contribution in [2.75, 3.05) is 12.8 Å². The second-order valence-electron chi connectivity index (χ2n) is 4.38. The molecular weight excluding hydrogens is 361 g/mol. The summed E-state index contributed by atoms with van der Waals surface area (Å²) >= 11 is 9.47. The number of nitrogens with zero attached hydrogens (tertiary/aromatic N) is 2. The molecule has 4 nitrogen and oxygen atoms in total. The molecule has 1 heterocycles. The molecule has 0 unspecified atom stereocenters. The molecule has 3 aromatic rings. The van der Waals surface area contributed by atoms with Crippen molar-refractivity contribution in [2.45, 2.75) is 0 Å². The normalized spacial score (nSPS) is 11.0. The largest absolute Gasteiger partial charge is 0.497 e. The molecule has 7 heteroatoms. The van der Waals surface area contributed by atoms with Gasteiger partial charge in [0, 0.05) is 10.5 Å². The van der Waals surface area contributed by atoms with Crippen LogP contribution in [0.5, 0.6) is 5.75 Å². The van der Waals surface area contributed by atoms with Crippen LogP contribution in [0, 0.1) is 5.82 Å². The first-order valence-corrected chi connectivity index (χ1v) is 7.15. The van der Waals surface area contributed by atoms with Crippen LogP contribution in [-0.4, -0.2) is 16.7 Å². The lowest BCUT2D eigenvalue weighted by molar-refractivity contribution is 0.415. The summed E-state index contributed by atoms with van der Waals surface area (Å²) in [7, 11) is 1.58. The minimum atomic E-state index is -0.430. The van der Waals surface area contributed by atoms with Crippen LogP contribution >= 0.6 is 27.5 Å². The van der Waals surface area contributed by atoms with Gasteiger partial charge in [-0.1, -0.05) is 11.6 Å². The molecule has 0 saturated carbocycles. The Morgan fingerprint density at radius 2 is 2.10 bits per heavy atom. The van der Waals surface area contributed by atoms with Gasteiger partial charge in [0.05, 0.1) is 28.9 Å². The highest BCUT2D eigenvalue weighted by Gasteiger charge is 2.17.